The lowest BCUT2D eigenvalue weighted by Gasteiger charge is -2.39. The van der Waals surface area contributed by atoms with Crippen molar-refractivity contribution < 1.29 is 54.2 Å². The molecule has 3 unspecified atom stereocenters. The molecule has 3 atom stereocenters. The number of nitrogens with zero attached hydrogens (tertiary/aromatic N) is 1. The fraction of sp³-hybridized carbons (Fsp3) is 0.458. The van der Waals surface area contributed by atoms with Crippen LogP contribution in [0.4, 0.5) is 36.4 Å². The summed E-state index contributed by atoms with van der Waals surface area (Å²) in [6.45, 7) is 0. The van der Waals surface area contributed by atoms with E-state index in [4.69, 9.17) is 0 Å². The lowest BCUT2D eigenvalue weighted by molar-refractivity contribution is -0.376. The summed E-state index contributed by atoms with van der Waals surface area (Å²) in [5.41, 5.74) is -7.30. The van der Waals surface area contributed by atoms with Gasteiger partial charge in [0.05, 0.1) is 28.8 Å². The third kappa shape index (κ3) is 5.50. The number of carbonyl (C=O) groups excluding carboxylic acids is 1. The minimum atomic E-state index is -6.14. The van der Waals surface area contributed by atoms with Crippen LogP contribution in [0.2, 0.25) is 0 Å². The highest BCUT2D eigenvalue weighted by Crippen LogP contribution is 2.51. The number of carbonyl (C=O) groups is 1. The van der Waals surface area contributed by atoms with Crippen LogP contribution in [0.1, 0.15) is 24.0 Å². The Balaban J connectivity index is 1.77. The van der Waals surface area contributed by atoms with Crippen LogP contribution >= 0.6 is 11.8 Å². The van der Waals surface area contributed by atoms with Gasteiger partial charge in [0.25, 0.3) is 15.6 Å². The minimum absolute atomic E-state index is 0.178. The molecule has 1 amide bonds. The number of hydrogen-bond acceptors (Lipinski definition) is 6. The number of aryl methyl sites for hydroxylation is 1. The SMILES string of the molecule is O=C(CC1CCc2cc(C(O)(C(F)(F)F)C(F)(F)F)ccc2N1S(=O)(=O)c1ccc(F)cc1)NC1CSCC1O. The van der Waals surface area contributed by atoms with E-state index < -0.39 is 74.8 Å². The Morgan fingerprint density at radius 3 is 2.20 bits per heavy atom. The van der Waals surface area contributed by atoms with Gasteiger partial charge in [-0.1, -0.05) is 12.1 Å². The molecule has 0 bridgehead atoms. The average Bonchev–Trinajstić information content (AvgIpc) is 3.25. The van der Waals surface area contributed by atoms with E-state index in [1.54, 1.807) is 0 Å². The molecular weight excluding hydrogens is 593 g/mol. The van der Waals surface area contributed by atoms with Gasteiger partial charge in [-0.25, -0.2) is 12.8 Å². The van der Waals surface area contributed by atoms with Gasteiger partial charge in [0.15, 0.2) is 0 Å². The number of benzene rings is 2. The summed E-state index contributed by atoms with van der Waals surface area (Å²) >= 11 is 1.40. The van der Waals surface area contributed by atoms with Crippen LogP contribution in [0.5, 0.6) is 0 Å². The highest BCUT2D eigenvalue weighted by Gasteiger charge is 2.71. The molecule has 16 heteroatoms. The van der Waals surface area contributed by atoms with Crippen molar-refractivity contribution in [2.75, 3.05) is 15.8 Å². The molecule has 2 aliphatic rings. The Morgan fingerprint density at radius 1 is 1.02 bits per heavy atom. The number of amides is 1. The normalized spacial score (nSPS) is 22.2. The highest BCUT2D eigenvalue weighted by atomic mass is 32.2. The van der Waals surface area contributed by atoms with E-state index in [1.807, 2.05) is 0 Å². The van der Waals surface area contributed by atoms with E-state index >= 15 is 0 Å². The van der Waals surface area contributed by atoms with Crippen molar-refractivity contribution in [3.8, 4) is 0 Å². The van der Waals surface area contributed by atoms with Gasteiger partial charge in [-0.3, -0.25) is 9.10 Å². The molecular formula is C24H23F7N2O5S2. The first kappa shape index (κ1) is 30.4. The van der Waals surface area contributed by atoms with Crippen molar-refractivity contribution in [2.24, 2.45) is 0 Å². The lowest BCUT2D eigenvalue weighted by Crippen LogP contribution is -2.54. The molecule has 2 aromatic rings. The number of fused-ring (bicyclic) bond motifs is 1. The average molecular weight is 617 g/mol. The quantitative estimate of drug-likeness (QED) is 0.429. The number of hydrogen-bond donors (Lipinski definition) is 3. The first-order valence-corrected chi connectivity index (χ1v) is 14.4. The van der Waals surface area contributed by atoms with Gasteiger partial charge in [-0.2, -0.15) is 38.1 Å². The van der Waals surface area contributed by atoms with Crippen molar-refractivity contribution >= 4 is 33.4 Å². The molecule has 7 nitrogen and oxygen atoms in total. The summed E-state index contributed by atoms with van der Waals surface area (Å²) in [5.74, 6) is -0.580. The number of anilines is 1. The molecule has 1 saturated heterocycles. The monoisotopic (exact) mass is 616 g/mol. The molecule has 4 rings (SSSR count). The Labute approximate surface area is 228 Å². The topological polar surface area (TPSA) is 107 Å². The molecule has 40 heavy (non-hydrogen) atoms. The van der Waals surface area contributed by atoms with Crippen molar-refractivity contribution in [1.82, 2.24) is 5.32 Å². The molecule has 0 spiro atoms. The van der Waals surface area contributed by atoms with E-state index in [9.17, 15) is 54.2 Å². The Bertz CT molecular complexity index is 1350. The molecule has 1 fully saturated rings. The second kappa shape index (κ2) is 10.7. The summed E-state index contributed by atoms with van der Waals surface area (Å²) in [5, 5.41) is 22.4. The fourth-order valence-corrected chi connectivity index (χ4v) is 7.63. The van der Waals surface area contributed by atoms with Gasteiger partial charge in [0, 0.05) is 23.5 Å². The number of nitrogens with one attached hydrogen (secondary N) is 1. The van der Waals surface area contributed by atoms with E-state index in [0.29, 0.717) is 23.6 Å². The molecule has 0 saturated carbocycles. The van der Waals surface area contributed by atoms with Crippen molar-refractivity contribution in [3.63, 3.8) is 0 Å². The maximum absolute atomic E-state index is 13.7. The maximum Gasteiger partial charge on any atom is 0.430 e. The fourth-order valence-electron chi connectivity index (χ4n) is 4.74. The zero-order valence-corrected chi connectivity index (χ0v) is 22.0. The van der Waals surface area contributed by atoms with E-state index in [1.165, 1.54) is 11.8 Å². The number of sulfonamides is 1. The van der Waals surface area contributed by atoms with Gasteiger partial charge in [-0.05, 0) is 48.7 Å². The van der Waals surface area contributed by atoms with Gasteiger partial charge in [0.1, 0.15) is 5.82 Å². The summed E-state index contributed by atoms with van der Waals surface area (Å²) in [7, 11) is -4.60. The molecule has 2 aromatic carbocycles. The molecule has 0 radical (unpaired) electrons. The van der Waals surface area contributed by atoms with Crippen LogP contribution in [-0.2, 0) is 26.8 Å². The zero-order chi connectivity index (χ0) is 29.7. The summed E-state index contributed by atoms with van der Waals surface area (Å²) in [6.07, 6.45) is -13.9. The number of halogens is 7. The molecule has 0 aliphatic carbocycles. The number of aliphatic hydroxyl groups excluding tert-OH is 1. The Kier molecular flexibility index (Phi) is 8.12. The summed E-state index contributed by atoms with van der Waals surface area (Å²) in [4.78, 5) is 12.4. The predicted molar refractivity (Wildman–Crippen MR) is 131 cm³/mol. The van der Waals surface area contributed by atoms with Crippen molar-refractivity contribution in [1.29, 1.82) is 0 Å². The second-order valence-corrected chi connectivity index (χ2v) is 12.4. The zero-order valence-electron chi connectivity index (χ0n) is 20.3. The maximum atomic E-state index is 13.7. The Morgan fingerprint density at radius 2 is 1.65 bits per heavy atom. The third-order valence-electron chi connectivity index (χ3n) is 6.82. The van der Waals surface area contributed by atoms with Gasteiger partial charge in [-0.15, -0.1) is 0 Å². The highest BCUT2D eigenvalue weighted by molar-refractivity contribution is 7.99. The number of rotatable bonds is 6. The van der Waals surface area contributed by atoms with Crippen molar-refractivity contribution in [2.45, 2.75) is 60.3 Å². The van der Waals surface area contributed by atoms with Gasteiger partial charge in [0.2, 0.25) is 5.91 Å². The van der Waals surface area contributed by atoms with E-state index in [-0.39, 0.29) is 24.1 Å². The van der Waals surface area contributed by atoms with Crippen LogP contribution in [0, 0.1) is 5.82 Å². The standard InChI is InChI=1S/C24H23F7N2O5S2/c25-15-3-6-17(7-4-15)40(37,38)33-16(10-21(35)32-18-11-39-12-20(18)34)5-1-13-9-14(2-8-19(13)33)22(36,23(26,27)28)24(29,30)31/h2-4,6-9,16,18,20,34,36H,1,5,10-12H2,(H,32,35). The number of thioether (sulfide) groups is 1. The lowest BCUT2D eigenvalue weighted by atomic mass is 9.87. The first-order chi connectivity index (χ1) is 18.5. The van der Waals surface area contributed by atoms with E-state index in [0.717, 1.165) is 34.6 Å². The van der Waals surface area contributed by atoms with Crippen LogP contribution in [0.25, 0.3) is 0 Å². The third-order valence-corrected chi connectivity index (χ3v) is 9.87. The van der Waals surface area contributed by atoms with E-state index in [2.05, 4.69) is 5.32 Å². The van der Waals surface area contributed by atoms with Crippen LogP contribution in [0.15, 0.2) is 47.4 Å². The minimum Gasteiger partial charge on any atom is -0.390 e. The Hall–Kier alpha value is -2.56. The number of aliphatic hydroxyl groups is 2. The number of alkyl halides is 6. The van der Waals surface area contributed by atoms with Gasteiger partial charge >= 0.3 is 12.4 Å². The predicted octanol–water partition coefficient (Wildman–Crippen LogP) is 3.63. The molecule has 0 aromatic heterocycles. The summed E-state index contributed by atoms with van der Waals surface area (Å²) in [6, 6.07) is 3.38. The first-order valence-electron chi connectivity index (χ1n) is 11.8. The van der Waals surface area contributed by atoms with Crippen LogP contribution in [0.3, 0.4) is 0 Å². The smallest absolute Gasteiger partial charge is 0.390 e. The largest absolute Gasteiger partial charge is 0.430 e. The molecule has 220 valence electrons. The van der Waals surface area contributed by atoms with Gasteiger partial charge < -0.3 is 15.5 Å². The summed E-state index contributed by atoms with van der Waals surface area (Å²) < 4.78 is 122. The van der Waals surface area contributed by atoms with Crippen LogP contribution in [-0.4, -0.2) is 66.6 Å². The van der Waals surface area contributed by atoms with Crippen molar-refractivity contribution in [3.05, 3.63) is 59.4 Å². The molecule has 2 heterocycles. The second-order valence-electron chi connectivity index (χ2n) is 9.48. The molecule has 2 aliphatic heterocycles. The van der Waals surface area contributed by atoms with Crippen LogP contribution < -0.4 is 9.62 Å². The molecule has 3 N–H and O–H groups in total.